The molecule has 0 aromatic carbocycles. The minimum absolute atomic E-state index is 0.0509. The van der Waals surface area contributed by atoms with Crippen molar-refractivity contribution in [3.63, 3.8) is 0 Å². The summed E-state index contributed by atoms with van der Waals surface area (Å²) in [6, 6.07) is 0. The highest BCUT2D eigenvalue weighted by Crippen LogP contribution is 1.99. The summed E-state index contributed by atoms with van der Waals surface area (Å²) in [6.45, 7) is 7.83. The van der Waals surface area contributed by atoms with E-state index in [1.165, 1.54) is 0 Å². The van der Waals surface area contributed by atoms with Crippen LogP contribution in [0.15, 0.2) is 36.1 Å². The Hall–Kier alpha value is -1.02. The highest BCUT2D eigenvalue weighted by molar-refractivity contribution is 5.20. The Kier molecular flexibility index (Phi) is 6.11. The van der Waals surface area contributed by atoms with Crippen LogP contribution in [-0.4, -0.2) is 18.3 Å². The second-order valence-corrected chi connectivity index (χ2v) is 2.46. The first-order valence-corrected chi connectivity index (χ1v) is 3.92. The van der Waals surface area contributed by atoms with Gasteiger partial charge in [-0.25, -0.2) is 0 Å². The highest BCUT2D eigenvalue weighted by Gasteiger charge is 1.86. The lowest BCUT2D eigenvalue weighted by molar-refractivity contribution is 0.146. The Balaban J connectivity index is 3.90. The molecule has 0 spiro atoms. The third kappa shape index (κ3) is 5.74. The van der Waals surface area contributed by atoms with Crippen molar-refractivity contribution in [3.8, 4) is 0 Å². The average molecular weight is 168 g/mol. The Morgan fingerprint density at radius 3 is 2.58 bits per heavy atom. The maximum Gasteiger partial charge on any atom is 0.111 e. The Labute approximate surface area is 73.9 Å². The third-order valence-electron chi connectivity index (χ3n) is 1.32. The van der Waals surface area contributed by atoms with E-state index in [1.54, 1.807) is 6.08 Å². The molecular formula is C10H16O2. The van der Waals surface area contributed by atoms with E-state index < -0.39 is 0 Å². The first kappa shape index (κ1) is 11.0. The first-order valence-electron chi connectivity index (χ1n) is 3.92. The van der Waals surface area contributed by atoms with E-state index in [0.717, 1.165) is 11.3 Å². The van der Waals surface area contributed by atoms with Crippen LogP contribution in [0.2, 0.25) is 0 Å². The van der Waals surface area contributed by atoms with E-state index in [4.69, 9.17) is 9.84 Å². The zero-order valence-corrected chi connectivity index (χ0v) is 7.71. The van der Waals surface area contributed by atoms with E-state index in [1.807, 2.05) is 26.0 Å². The van der Waals surface area contributed by atoms with Gasteiger partial charge in [0, 0.05) is 0 Å². The molecule has 0 fully saturated rings. The molecule has 0 saturated carbocycles. The fourth-order valence-electron chi connectivity index (χ4n) is 0.572. The molecule has 12 heavy (non-hydrogen) atoms. The van der Waals surface area contributed by atoms with Crippen LogP contribution in [0, 0.1) is 0 Å². The predicted octanol–water partition coefficient (Wildman–Crippen LogP) is 2.03. The lowest BCUT2D eigenvalue weighted by atomic mass is 10.3. The molecule has 0 aliphatic carbocycles. The first-order chi connectivity index (χ1) is 5.70. The van der Waals surface area contributed by atoms with Crippen LogP contribution in [0.5, 0.6) is 0 Å². The molecule has 0 aliphatic rings. The summed E-state index contributed by atoms with van der Waals surface area (Å²) in [4.78, 5) is 0. The largest absolute Gasteiger partial charge is 0.496 e. The van der Waals surface area contributed by atoms with Crippen LogP contribution in [0.1, 0.15) is 13.8 Å². The summed E-state index contributed by atoms with van der Waals surface area (Å²) in [6.07, 6.45) is 5.54. The van der Waals surface area contributed by atoms with E-state index >= 15 is 0 Å². The van der Waals surface area contributed by atoms with E-state index in [9.17, 15) is 0 Å². The van der Waals surface area contributed by atoms with Crippen molar-refractivity contribution >= 4 is 0 Å². The lowest BCUT2D eigenvalue weighted by Gasteiger charge is -2.01. The number of aliphatic hydroxyl groups is 1. The van der Waals surface area contributed by atoms with Crippen molar-refractivity contribution in [1.82, 2.24) is 0 Å². The van der Waals surface area contributed by atoms with Gasteiger partial charge in [-0.2, -0.15) is 0 Å². The van der Waals surface area contributed by atoms with Crippen LogP contribution in [-0.2, 0) is 4.74 Å². The van der Waals surface area contributed by atoms with Gasteiger partial charge in [0.25, 0.3) is 0 Å². The number of rotatable bonds is 5. The Morgan fingerprint density at radius 2 is 2.08 bits per heavy atom. The van der Waals surface area contributed by atoms with Gasteiger partial charge in [-0.3, -0.25) is 0 Å². The summed E-state index contributed by atoms with van der Waals surface area (Å²) in [7, 11) is 0. The maximum absolute atomic E-state index is 8.45. The quantitative estimate of drug-likeness (QED) is 0.502. The van der Waals surface area contributed by atoms with Crippen molar-refractivity contribution < 1.29 is 9.84 Å². The van der Waals surface area contributed by atoms with Crippen molar-refractivity contribution in [1.29, 1.82) is 0 Å². The van der Waals surface area contributed by atoms with Gasteiger partial charge in [-0.15, -0.1) is 0 Å². The van der Waals surface area contributed by atoms with Gasteiger partial charge in [0.15, 0.2) is 0 Å². The van der Waals surface area contributed by atoms with Gasteiger partial charge in [-0.05, 0) is 19.9 Å². The molecule has 0 atom stereocenters. The van der Waals surface area contributed by atoms with Crippen LogP contribution >= 0.6 is 0 Å². The smallest absolute Gasteiger partial charge is 0.111 e. The van der Waals surface area contributed by atoms with Gasteiger partial charge in [0.2, 0.25) is 0 Å². The number of hydrogen-bond donors (Lipinski definition) is 1. The molecule has 0 saturated heterocycles. The number of hydrogen-bond acceptors (Lipinski definition) is 2. The molecule has 0 aromatic rings. The Bertz CT molecular complexity index is 190. The number of aliphatic hydroxyl groups excluding tert-OH is 1. The van der Waals surface area contributed by atoms with Crippen LogP contribution in [0.4, 0.5) is 0 Å². The zero-order valence-electron chi connectivity index (χ0n) is 7.71. The molecule has 0 bridgehead atoms. The summed E-state index contributed by atoms with van der Waals surface area (Å²) in [5, 5.41) is 8.45. The molecule has 0 amide bonds. The standard InChI is InChI=1S/C10H16O2/c1-4-9(2)5-6-10(3)12-8-7-11/h4-6,11H,1,7-8H2,2-3H3. The normalized spacial score (nSPS) is 12.9. The third-order valence-corrected chi connectivity index (χ3v) is 1.32. The highest BCUT2D eigenvalue weighted by atomic mass is 16.5. The van der Waals surface area contributed by atoms with Crippen molar-refractivity contribution in [3.05, 3.63) is 36.1 Å². The maximum atomic E-state index is 8.45. The van der Waals surface area contributed by atoms with Crippen LogP contribution in [0.25, 0.3) is 0 Å². The van der Waals surface area contributed by atoms with E-state index in [-0.39, 0.29) is 6.61 Å². The predicted molar refractivity (Wildman–Crippen MR) is 50.7 cm³/mol. The molecular weight excluding hydrogens is 152 g/mol. The zero-order chi connectivity index (χ0) is 9.40. The van der Waals surface area contributed by atoms with Gasteiger partial charge in [0.05, 0.1) is 12.4 Å². The van der Waals surface area contributed by atoms with E-state index in [0.29, 0.717) is 6.61 Å². The average Bonchev–Trinajstić information content (AvgIpc) is 2.10. The SMILES string of the molecule is C=CC(C)=CC=C(C)OCCO. The van der Waals surface area contributed by atoms with Crippen molar-refractivity contribution in [2.75, 3.05) is 13.2 Å². The fraction of sp³-hybridized carbons (Fsp3) is 0.400. The molecule has 0 radical (unpaired) electrons. The molecule has 0 unspecified atom stereocenters. The molecule has 0 aliphatic heterocycles. The molecule has 2 heteroatoms. The second-order valence-electron chi connectivity index (χ2n) is 2.46. The van der Waals surface area contributed by atoms with Crippen molar-refractivity contribution in [2.24, 2.45) is 0 Å². The lowest BCUT2D eigenvalue weighted by Crippen LogP contribution is -1.96. The molecule has 2 nitrogen and oxygen atoms in total. The fourth-order valence-corrected chi connectivity index (χ4v) is 0.572. The molecule has 68 valence electrons. The molecule has 0 aromatic heterocycles. The topological polar surface area (TPSA) is 29.5 Å². The van der Waals surface area contributed by atoms with E-state index in [2.05, 4.69) is 6.58 Å². The second kappa shape index (κ2) is 6.68. The van der Waals surface area contributed by atoms with Gasteiger partial charge >= 0.3 is 0 Å². The summed E-state index contributed by atoms with van der Waals surface area (Å²) >= 11 is 0. The minimum Gasteiger partial charge on any atom is -0.496 e. The summed E-state index contributed by atoms with van der Waals surface area (Å²) in [5.74, 6) is 0.797. The summed E-state index contributed by atoms with van der Waals surface area (Å²) < 4.78 is 5.12. The van der Waals surface area contributed by atoms with Crippen LogP contribution < -0.4 is 0 Å². The van der Waals surface area contributed by atoms with Gasteiger partial charge in [-0.1, -0.05) is 24.3 Å². The molecule has 0 rings (SSSR count). The number of ether oxygens (including phenoxy) is 1. The Morgan fingerprint density at radius 1 is 1.42 bits per heavy atom. The van der Waals surface area contributed by atoms with Crippen LogP contribution in [0.3, 0.4) is 0 Å². The molecule has 1 N–H and O–H groups in total. The molecule has 0 heterocycles. The van der Waals surface area contributed by atoms with Crippen molar-refractivity contribution in [2.45, 2.75) is 13.8 Å². The minimum atomic E-state index is 0.0509. The van der Waals surface area contributed by atoms with Gasteiger partial charge < -0.3 is 9.84 Å². The van der Waals surface area contributed by atoms with Gasteiger partial charge in [0.1, 0.15) is 6.61 Å². The summed E-state index contributed by atoms with van der Waals surface area (Å²) in [5.41, 5.74) is 1.09. The monoisotopic (exact) mass is 168 g/mol. The number of allylic oxidation sites excluding steroid dienone is 5.